The fourth-order valence-corrected chi connectivity index (χ4v) is 3.44. The van der Waals surface area contributed by atoms with Gasteiger partial charge in [0.25, 0.3) is 5.91 Å². The van der Waals surface area contributed by atoms with Gasteiger partial charge in [-0.3, -0.25) is 9.59 Å². The Bertz CT molecular complexity index is 807. The van der Waals surface area contributed by atoms with Gasteiger partial charge in [0.05, 0.1) is 0 Å². The topological polar surface area (TPSA) is 52.7 Å². The summed E-state index contributed by atoms with van der Waals surface area (Å²) in [4.78, 5) is 28.6. The van der Waals surface area contributed by atoms with Gasteiger partial charge in [-0.2, -0.15) is 0 Å². The van der Waals surface area contributed by atoms with Crippen molar-refractivity contribution < 1.29 is 9.59 Å². The van der Waals surface area contributed by atoms with E-state index in [0.29, 0.717) is 13.0 Å². The second kappa shape index (κ2) is 10.2. The van der Waals surface area contributed by atoms with Crippen LogP contribution in [-0.2, 0) is 11.3 Å². The van der Waals surface area contributed by atoms with Gasteiger partial charge in [0.15, 0.2) is 0 Å². The number of piperazine rings is 1. The van der Waals surface area contributed by atoms with Crippen LogP contribution in [0.5, 0.6) is 0 Å². The Kier molecular flexibility index (Phi) is 7.42. The van der Waals surface area contributed by atoms with Gasteiger partial charge in [0, 0.05) is 44.7 Å². The van der Waals surface area contributed by atoms with E-state index in [2.05, 4.69) is 36.3 Å². The molecule has 1 N–H and O–H groups in total. The van der Waals surface area contributed by atoms with E-state index >= 15 is 0 Å². The van der Waals surface area contributed by atoms with E-state index in [1.807, 2.05) is 41.3 Å². The molecular weight excluding hydrogens is 362 g/mol. The van der Waals surface area contributed by atoms with Crippen molar-refractivity contribution >= 4 is 11.8 Å². The molecule has 0 atom stereocenters. The molecule has 1 saturated heterocycles. The monoisotopic (exact) mass is 393 g/mol. The summed E-state index contributed by atoms with van der Waals surface area (Å²) in [5.41, 5.74) is 4.01. The predicted octanol–water partition coefficient (Wildman–Crippen LogP) is 3.55. The number of carbonyl (C=O) groups excluding carboxylic acids is 2. The Morgan fingerprint density at radius 3 is 2.07 bits per heavy atom. The largest absolute Gasteiger partial charge is 0.352 e. The van der Waals surface area contributed by atoms with Crippen molar-refractivity contribution in [3.63, 3.8) is 0 Å². The van der Waals surface area contributed by atoms with Gasteiger partial charge in [0.1, 0.15) is 0 Å². The van der Waals surface area contributed by atoms with Gasteiger partial charge in [-0.25, -0.2) is 0 Å². The van der Waals surface area contributed by atoms with E-state index in [-0.39, 0.29) is 11.8 Å². The SMILES string of the molecule is CCCCC(=O)NCc1ccc(-c2ccc(C(=O)N3CCN(C)CC3)cc2)cc1. The minimum Gasteiger partial charge on any atom is -0.352 e. The number of amides is 2. The number of nitrogens with one attached hydrogen (secondary N) is 1. The van der Waals surface area contributed by atoms with Crippen molar-refractivity contribution in [2.45, 2.75) is 32.7 Å². The molecule has 1 fully saturated rings. The van der Waals surface area contributed by atoms with Gasteiger partial charge in [0.2, 0.25) is 5.91 Å². The fraction of sp³-hybridized carbons (Fsp3) is 0.417. The first-order chi connectivity index (χ1) is 14.1. The van der Waals surface area contributed by atoms with E-state index in [1.54, 1.807) is 0 Å². The van der Waals surface area contributed by atoms with Crippen molar-refractivity contribution in [3.05, 3.63) is 59.7 Å². The summed E-state index contributed by atoms with van der Waals surface area (Å²) in [7, 11) is 2.09. The Balaban J connectivity index is 1.57. The maximum atomic E-state index is 12.7. The number of likely N-dealkylation sites (N-methyl/N-ethyl adjacent to an activating group) is 1. The van der Waals surface area contributed by atoms with Crippen molar-refractivity contribution in [2.24, 2.45) is 0 Å². The third-order valence-corrected chi connectivity index (χ3v) is 5.46. The van der Waals surface area contributed by atoms with Gasteiger partial charge in [-0.05, 0) is 42.3 Å². The van der Waals surface area contributed by atoms with E-state index in [1.165, 1.54) is 0 Å². The zero-order chi connectivity index (χ0) is 20.6. The zero-order valence-electron chi connectivity index (χ0n) is 17.5. The number of hydrogen-bond acceptors (Lipinski definition) is 3. The molecule has 0 aromatic heterocycles. The van der Waals surface area contributed by atoms with Crippen LogP contribution in [0.3, 0.4) is 0 Å². The number of unbranched alkanes of at least 4 members (excludes halogenated alkanes) is 1. The molecule has 3 rings (SSSR count). The van der Waals surface area contributed by atoms with Crippen molar-refractivity contribution in [2.75, 3.05) is 33.2 Å². The molecular formula is C24H31N3O2. The number of benzene rings is 2. The van der Waals surface area contributed by atoms with Crippen LogP contribution in [0.15, 0.2) is 48.5 Å². The first-order valence-electron chi connectivity index (χ1n) is 10.5. The summed E-state index contributed by atoms with van der Waals surface area (Å²) >= 11 is 0. The Morgan fingerprint density at radius 2 is 1.48 bits per heavy atom. The molecule has 2 aromatic carbocycles. The normalized spacial score (nSPS) is 14.6. The first-order valence-corrected chi connectivity index (χ1v) is 10.5. The average Bonchev–Trinajstić information content (AvgIpc) is 2.77. The highest BCUT2D eigenvalue weighted by molar-refractivity contribution is 5.94. The van der Waals surface area contributed by atoms with E-state index in [9.17, 15) is 9.59 Å². The van der Waals surface area contributed by atoms with Crippen molar-refractivity contribution in [1.29, 1.82) is 0 Å². The number of carbonyl (C=O) groups is 2. The summed E-state index contributed by atoms with van der Waals surface area (Å²) in [5, 5.41) is 2.96. The molecule has 0 bridgehead atoms. The third kappa shape index (κ3) is 5.91. The molecule has 1 aliphatic heterocycles. The quantitative estimate of drug-likeness (QED) is 0.783. The van der Waals surface area contributed by atoms with E-state index in [4.69, 9.17) is 0 Å². The van der Waals surface area contributed by atoms with Crippen molar-refractivity contribution in [1.82, 2.24) is 15.1 Å². The molecule has 1 aliphatic rings. The highest BCUT2D eigenvalue weighted by Crippen LogP contribution is 2.21. The minimum absolute atomic E-state index is 0.108. The summed E-state index contributed by atoms with van der Waals surface area (Å²) < 4.78 is 0. The molecule has 0 radical (unpaired) electrons. The molecule has 5 nitrogen and oxygen atoms in total. The lowest BCUT2D eigenvalue weighted by Crippen LogP contribution is -2.47. The fourth-order valence-electron chi connectivity index (χ4n) is 3.44. The van der Waals surface area contributed by atoms with Gasteiger partial charge in [-0.1, -0.05) is 49.7 Å². The van der Waals surface area contributed by atoms with Crippen molar-refractivity contribution in [3.8, 4) is 11.1 Å². The maximum Gasteiger partial charge on any atom is 0.253 e. The van der Waals surface area contributed by atoms with Crippen LogP contribution < -0.4 is 5.32 Å². The highest BCUT2D eigenvalue weighted by Gasteiger charge is 2.20. The standard InChI is InChI=1S/C24H31N3O2/c1-3-4-5-23(28)25-18-19-6-8-20(9-7-19)21-10-12-22(13-11-21)24(29)27-16-14-26(2)15-17-27/h6-13H,3-5,14-18H2,1-2H3,(H,25,28). The summed E-state index contributed by atoms with van der Waals surface area (Å²) in [6, 6.07) is 16.0. The van der Waals surface area contributed by atoms with Gasteiger partial charge in [-0.15, -0.1) is 0 Å². The molecule has 0 aliphatic carbocycles. The third-order valence-electron chi connectivity index (χ3n) is 5.46. The molecule has 29 heavy (non-hydrogen) atoms. The molecule has 0 unspecified atom stereocenters. The summed E-state index contributed by atoms with van der Waals surface area (Å²) in [6.45, 7) is 6.06. The molecule has 2 aromatic rings. The highest BCUT2D eigenvalue weighted by atomic mass is 16.2. The molecule has 0 saturated carbocycles. The Hall–Kier alpha value is -2.66. The summed E-state index contributed by atoms with van der Waals surface area (Å²) in [6.07, 6.45) is 2.55. The first kappa shape index (κ1) is 21.1. The van der Waals surface area contributed by atoms with Crippen LogP contribution >= 0.6 is 0 Å². The number of rotatable bonds is 7. The number of nitrogens with zero attached hydrogens (tertiary/aromatic N) is 2. The van der Waals surface area contributed by atoms with Crippen LogP contribution in [0.4, 0.5) is 0 Å². The minimum atomic E-state index is 0.108. The lowest BCUT2D eigenvalue weighted by molar-refractivity contribution is -0.121. The van der Waals surface area contributed by atoms with Crippen LogP contribution in [0.1, 0.15) is 42.1 Å². The second-order valence-corrected chi connectivity index (χ2v) is 7.75. The molecule has 1 heterocycles. The molecule has 154 valence electrons. The van der Waals surface area contributed by atoms with E-state index < -0.39 is 0 Å². The van der Waals surface area contributed by atoms with Crippen LogP contribution in [0, 0.1) is 0 Å². The van der Waals surface area contributed by atoms with Crippen LogP contribution in [0.2, 0.25) is 0 Å². The lowest BCUT2D eigenvalue weighted by atomic mass is 10.0. The predicted molar refractivity (Wildman–Crippen MR) is 117 cm³/mol. The smallest absolute Gasteiger partial charge is 0.253 e. The van der Waals surface area contributed by atoms with E-state index in [0.717, 1.165) is 61.3 Å². The number of hydrogen-bond donors (Lipinski definition) is 1. The molecule has 5 heteroatoms. The lowest BCUT2D eigenvalue weighted by Gasteiger charge is -2.32. The van der Waals surface area contributed by atoms with Crippen LogP contribution in [0.25, 0.3) is 11.1 Å². The maximum absolute atomic E-state index is 12.7. The Morgan fingerprint density at radius 1 is 0.897 bits per heavy atom. The average molecular weight is 394 g/mol. The molecule has 0 spiro atoms. The molecule has 2 amide bonds. The van der Waals surface area contributed by atoms with Crippen LogP contribution in [-0.4, -0.2) is 54.8 Å². The zero-order valence-corrected chi connectivity index (χ0v) is 17.5. The van der Waals surface area contributed by atoms with Gasteiger partial charge < -0.3 is 15.1 Å². The Labute approximate surface area is 173 Å². The van der Waals surface area contributed by atoms with Gasteiger partial charge >= 0.3 is 0 Å². The second-order valence-electron chi connectivity index (χ2n) is 7.75. The summed E-state index contributed by atoms with van der Waals surface area (Å²) in [5.74, 6) is 0.218.